The smallest absolute Gasteiger partial charge is 0.293 e. The molecule has 0 radical (unpaired) electrons. The number of hydrogen-bond acceptors (Lipinski definition) is 4. The number of carbonyl (C=O) groups is 1. The number of nitrogens with zero attached hydrogens (tertiary/aromatic N) is 2. The van der Waals surface area contributed by atoms with Crippen molar-refractivity contribution in [1.29, 1.82) is 0 Å². The first-order valence-corrected chi connectivity index (χ1v) is 8.83. The molecule has 8 heteroatoms. The van der Waals surface area contributed by atoms with Crippen molar-refractivity contribution in [3.8, 4) is 0 Å². The van der Waals surface area contributed by atoms with E-state index in [9.17, 15) is 18.4 Å². The molecule has 3 aromatic rings. The van der Waals surface area contributed by atoms with Gasteiger partial charge in [-0.1, -0.05) is 42.1 Å². The number of aryl methyl sites for hydroxylation is 1. The maximum atomic E-state index is 13.2. The Kier molecular flexibility index (Phi) is 5.62. The molecule has 0 amide bonds. The van der Waals surface area contributed by atoms with E-state index in [1.807, 2.05) is 30.3 Å². The van der Waals surface area contributed by atoms with Crippen LogP contribution in [0.5, 0.6) is 0 Å². The second kappa shape index (κ2) is 8.09. The van der Waals surface area contributed by atoms with E-state index in [-0.39, 0.29) is 22.8 Å². The molecule has 1 heterocycles. The third kappa shape index (κ3) is 4.26. The Morgan fingerprint density at radius 1 is 1.12 bits per heavy atom. The highest BCUT2D eigenvalue weighted by atomic mass is 32.2. The molecule has 1 aromatic heterocycles. The Labute approximate surface area is 152 Å². The van der Waals surface area contributed by atoms with Crippen LogP contribution in [-0.4, -0.2) is 26.3 Å². The molecular weight excluding hydrogens is 360 g/mol. The van der Waals surface area contributed by atoms with Crippen LogP contribution in [-0.2, 0) is 13.0 Å². The highest BCUT2D eigenvalue weighted by Crippen LogP contribution is 2.17. The lowest BCUT2D eigenvalue weighted by Gasteiger charge is -2.06. The molecule has 5 nitrogen and oxygen atoms in total. The molecule has 0 unspecified atom stereocenters. The molecule has 2 aromatic carbocycles. The maximum absolute atomic E-state index is 13.2. The van der Waals surface area contributed by atoms with Crippen LogP contribution in [0.3, 0.4) is 0 Å². The molecule has 0 atom stereocenters. The standard InChI is InChI=1S/C18H15F2N3O2S/c19-14-7-6-13(10-15(14)20)16(24)11-26-18-22-21-17(25)23(18)9-8-12-4-2-1-3-5-12/h1-7,10H,8-9,11H2,(H,21,25). The van der Waals surface area contributed by atoms with Crippen molar-refractivity contribution >= 4 is 17.5 Å². The first kappa shape index (κ1) is 18.1. The lowest BCUT2D eigenvalue weighted by atomic mass is 10.1. The van der Waals surface area contributed by atoms with Gasteiger partial charge in [-0.15, -0.1) is 5.10 Å². The Morgan fingerprint density at radius 2 is 1.88 bits per heavy atom. The van der Waals surface area contributed by atoms with E-state index in [4.69, 9.17) is 0 Å². The number of rotatable bonds is 7. The van der Waals surface area contributed by atoms with Gasteiger partial charge in [0.2, 0.25) is 0 Å². The minimum absolute atomic E-state index is 0.0410. The third-order valence-electron chi connectivity index (χ3n) is 3.76. The number of Topliss-reactive ketones (excluding diaryl/α,β-unsaturated/α-hetero) is 1. The Balaban J connectivity index is 1.65. The fraction of sp³-hybridized carbons (Fsp3) is 0.167. The maximum Gasteiger partial charge on any atom is 0.343 e. The summed E-state index contributed by atoms with van der Waals surface area (Å²) >= 11 is 1.07. The minimum Gasteiger partial charge on any atom is -0.293 e. The summed E-state index contributed by atoms with van der Waals surface area (Å²) in [5, 5.41) is 6.67. The first-order chi connectivity index (χ1) is 12.5. The fourth-order valence-corrected chi connectivity index (χ4v) is 3.25. The van der Waals surface area contributed by atoms with E-state index in [0.29, 0.717) is 18.1 Å². The highest BCUT2D eigenvalue weighted by molar-refractivity contribution is 7.99. The molecule has 3 rings (SSSR count). The fourth-order valence-electron chi connectivity index (χ4n) is 2.38. The second-order valence-corrected chi connectivity index (χ2v) is 6.48. The number of benzene rings is 2. The third-order valence-corrected chi connectivity index (χ3v) is 4.74. The summed E-state index contributed by atoms with van der Waals surface area (Å²) in [5.41, 5.74) is 0.795. The number of ketones is 1. The molecule has 0 spiro atoms. The molecule has 0 fully saturated rings. The summed E-state index contributed by atoms with van der Waals surface area (Å²) in [6, 6.07) is 12.7. The van der Waals surface area contributed by atoms with Gasteiger partial charge in [-0.3, -0.25) is 9.36 Å². The zero-order valence-electron chi connectivity index (χ0n) is 13.6. The number of hydrogen-bond donors (Lipinski definition) is 1. The van der Waals surface area contributed by atoms with Gasteiger partial charge in [0, 0.05) is 12.1 Å². The van der Waals surface area contributed by atoms with E-state index in [1.54, 1.807) is 0 Å². The predicted molar refractivity (Wildman–Crippen MR) is 94.4 cm³/mol. The summed E-state index contributed by atoms with van der Waals surface area (Å²) < 4.78 is 27.6. The van der Waals surface area contributed by atoms with Gasteiger partial charge in [0.15, 0.2) is 22.6 Å². The number of H-pyrrole nitrogens is 1. The van der Waals surface area contributed by atoms with Gasteiger partial charge in [0.05, 0.1) is 5.75 Å². The summed E-state index contributed by atoms with van der Waals surface area (Å²) in [7, 11) is 0. The number of thioether (sulfide) groups is 1. The van der Waals surface area contributed by atoms with E-state index >= 15 is 0 Å². The van der Waals surface area contributed by atoms with E-state index in [1.165, 1.54) is 10.6 Å². The van der Waals surface area contributed by atoms with Crippen LogP contribution in [0.4, 0.5) is 8.78 Å². The van der Waals surface area contributed by atoms with Gasteiger partial charge in [-0.2, -0.15) is 0 Å². The molecule has 0 bridgehead atoms. The van der Waals surface area contributed by atoms with Gasteiger partial charge < -0.3 is 0 Å². The van der Waals surface area contributed by atoms with Crippen LogP contribution in [0.25, 0.3) is 0 Å². The largest absolute Gasteiger partial charge is 0.343 e. The van der Waals surface area contributed by atoms with Crippen LogP contribution >= 0.6 is 11.8 Å². The number of carbonyl (C=O) groups excluding carboxylic acids is 1. The number of aromatic amines is 1. The quantitative estimate of drug-likeness (QED) is 0.509. The SMILES string of the molecule is O=C(CSc1n[nH]c(=O)n1CCc1ccccc1)c1ccc(F)c(F)c1. The predicted octanol–water partition coefficient (Wildman–Crippen LogP) is 3.07. The van der Waals surface area contributed by atoms with Crippen molar-refractivity contribution in [2.24, 2.45) is 0 Å². The van der Waals surface area contributed by atoms with E-state index < -0.39 is 11.6 Å². The van der Waals surface area contributed by atoms with Gasteiger partial charge >= 0.3 is 5.69 Å². The lowest BCUT2D eigenvalue weighted by molar-refractivity contribution is 0.102. The zero-order chi connectivity index (χ0) is 18.5. The average molecular weight is 375 g/mol. The molecule has 1 N–H and O–H groups in total. The molecule has 0 saturated heterocycles. The zero-order valence-corrected chi connectivity index (χ0v) is 14.4. The van der Waals surface area contributed by atoms with Crippen LogP contribution in [0.15, 0.2) is 58.5 Å². The summed E-state index contributed by atoms with van der Waals surface area (Å²) in [6.07, 6.45) is 0.644. The van der Waals surface area contributed by atoms with E-state index in [0.717, 1.165) is 29.5 Å². The van der Waals surface area contributed by atoms with Gasteiger partial charge in [-0.05, 0) is 30.2 Å². The summed E-state index contributed by atoms with van der Waals surface area (Å²) in [5.74, 6) is -2.49. The number of halogens is 2. The average Bonchev–Trinajstić information content (AvgIpc) is 3.01. The normalized spacial score (nSPS) is 10.8. The monoisotopic (exact) mass is 375 g/mol. The van der Waals surface area contributed by atoms with Crippen LogP contribution in [0.2, 0.25) is 0 Å². The van der Waals surface area contributed by atoms with E-state index in [2.05, 4.69) is 10.2 Å². The van der Waals surface area contributed by atoms with Gasteiger partial charge in [0.1, 0.15) is 0 Å². The Bertz CT molecular complexity index is 970. The minimum atomic E-state index is -1.07. The van der Waals surface area contributed by atoms with Gasteiger partial charge in [0.25, 0.3) is 0 Å². The van der Waals surface area contributed by atoms with Crippen LogP contribution in [0.1, 0.15) is 15.9 Å². The Morgan fingerprint density at radius 3 is 2.62 bits per heavy atom. The van der Waals surface area contributed by atoms with Gasteiger partial charge in [-0.25, -0.2) is 18.7 Å². The second-order valence-electron chi connectivity index (χ2n) is 5.54. The molecular formula is C18H15F2N3O2S. The molecule has 0 aliphatic rings. The molecule has 26 heavy (non-hydrogen) atoms. The van der Waals surface area contributed by atoms with Crippen molar-refractivity contribution in [2.45, 2.75) is 18.1 Å². The topological polar surface area (TPSA) is 67.8 Å². The summed E-state index contributed by atoms with van der Waals surface area (Å²) in [4.78, 5) is 24.1. The van der Waals surface area contributed by atoms with Crippen molar-refractivity contribution in [1.82, 2.24) is 14.8 Å². The highest BCUT2D eigenvalue weighted by Gasteiger charge is 2.14. The van der Waals surface area contributed by atoms with Crippen LogP contribution in [0, 0.1) is 11.6 Å². The number of aromatic nitrogens is 3. The van der Waals surface area contributed by atoms with Crippen LogP contribution < -0.4 is 5.69 Å². The lowest BCUT2D eigenvalue weighted by Crippen LogP contribution is -2.19. The van der Waals surface area contributed by atoms with Crippen molar-refractivity contribution < 1.29 is 13.6 Å². The molecule has 0 saturated carbocycles. The van der Waals surface area contributed by atoms with Crippen molar-refractivity contribution in [2.75, 3.05) is 5.75 Å². The summed E-state index contributed by atoms with van der Waals surface area (Å²) in [6.45, 7) is 0.418. The number of nitrogens with one attached hydrogen (secondary N) is 1. The first-order valence-electron chi connectivity index (χ1n) is 7.85. The molecule has 0 aliphatic heterocycles. The van der Waals surface area contributed by atoms with Crippen molar-refractivity contribution in [3.63, 3.8) is 0 Å². The van der Waals surface area contributed by atoms with Crippen molar-refractivity contribution in [3.05, 3.63) is 81.8 Å². The molecule has 0 aliphatic carbocycles. The Hall–Kier alpha value is -2.74. The molecule has 134 valence electrons.